The van der Waals surface area contributed by atoms with E-state index in [1.54, 1.807) is 18.5 Å². The van der Waals surface area contributed by atoms with Gasteiger partial charge >= 0.3 is 0 Å². The van der Waals surface area contributed by atoms with Crippen LogP contribution in [0.3, 0.4) is 0 Å². The van der Waals surface area contributed by atoms with Crippen LogP contribution in [0, 0.1) is 0 Å². The molecule has 1 aliphatic rings. The number of pyridine rings is 1. The number of hydrogen-bond acceptors (Lipinski definition) is 4. The Labute approximate surface area is 105 Å². The van der Waals surface area contributed by atoms with Crippen LogP contribution in [-0.2, 0) is 4.74 Å². The van der Waals surface area contributed by atoms with Gasteiger partial charge in [0, 0.05) is 25.2 Å². The zero-order valence-corrected chi connectivity index (χ0v) is 10.3. The van der Waals surface area contributed by atoms with Gasteiger partial charge in [0.15, 0.2) is 0 Å². The van der Waals surface area contributed by atoms with Crippen molar-refractivity contribution in [2.24, 2.45) is 0 Å². The Morgan fingerprint density at radius 2 is 2.47 bits per heavy atom. The number of nitrogens with zero attached hydrogens (tertiary/aromatic N) is 1. The van der Waals surface area contributed by atoms with E-state index in [1.165, 1.54) is 0 Å². The normalized spacial score (nSPS) is 23.8. The summed E-state index contributed by atoms with van der Waals surface area (Å²) in [4.78, 5) is 4.04. The summed E-state index contributed by atoms with van der Waals surface area (Å²) in [6, 6.07) is 1.85. The number of alkyl halides is 1. The van der Waals surface area contributed by atoms with Gasteiger partial charge in [-0.3, -0.25) is 4.98 Å². The third-order valence-corrected chi connectivity index (χ3v) is 3.01. The van der Waals surface area contributed by atoms with Crippen molar-refractivity contribution in [3.63, 3.8) is 0 Å². The molecule has 0 bridgehead atoms. The van der Waals surface area contributed by atoms with Gasteiger partial charge < -0.3 is 15.2 Å². The van der Waals surface area contributed by atoms with Gasteiger partial charge in [0.1, 0.15) is 11.9 Å². The average Bonchev–Trinajstić information content (AvgIpc) is 2.37. The molecular formula is C12H15ClN2O2. The minimum Gasteiger partial charge on any atom is -0.489 e. The highest BCUT2D eigenvalue weighted by atomic mass is 35.5. The number of rotatable bonds is 3. The first-order valence-electron chi connectivity index (χ1n) is 5.49. The molecule has 1 aromatic rings. The van der Waals surface area contributed by atoms with E-state index in [1.807, 2.05) is 13.1 Å². The summed E-state index contributed by atoms with van der Waals surface area (Å²) < 4.78 is 5.74. The quantitative estimate of drug-likeness (QED) is 0.809. The minimum absolute atomic E-state index is 0.149. The Morgan fingerprint density at radius 1 is 1.65 bits per heavy atom. The Hall–Kier alpha value is -1.26. The van der Waals surface area contributed by atoms with Gasteiger partial charge in [-0.1, -0.05) is 0 Å². The fourth-order valence-corrected chi connectivity index (χ4v) is 2.02. The molecule has 2 heterocycles. The Morgan fingerprint density at radius 3 is 3.18 bits per heavy atom. The van der Waals surface area contributed by atoms with Crippen LogP contribution in [0.15, 0.2) is 24.5 Å². The van der Waals surface area contributed by atoms with Gasteiger partial charge in [0.25, 0.3) is 0 Å². The molecular weight excluding hydrogens is 240 g/mol. The van der Waals surface area contributed by atoms with E-state index in [2.05, 4.69) is 10.3 Å². The molecule has 5 heteroatoms. The van der Waals surface area contributed by atoms with E-state index in [0.29, 0.717) is 18.1 Å². The topological polar surface area (TPSA) is 54.4 Å². The fourth-order valence-electron chi connectivity index (χ4n) is 1.84. The van der Waals surface area contributed by atoms with Crippen LogP contribution in [-0.4, -0.2) is 35.2 Å². The maximum Gasteiger partial charge on any atom is 0.127 e. The van der Waals surface area contributed by atoms with Crippen molar-refractivity contribution in [1.29, 1.82) is 0 Å². The van der Waals surface area contributed by atoms with Crippen molar-refractivity contribution in [3.05, 3.63) is 30.1 Å². The Kier molecular flexibility index (Phi) is 3.86. The van der Waals surface area contributed by atoms with Crippen molar-refractivity contribution in [2.75, 3.05) is 18.2 Å². The number of aliphatic hydroxyl groups excluding tert-OH is 1. The highest BCUT2D eigenvalue weighted by molar-refractivity contribution is 6.18. The van der Waals surface area contributed by atoms with Crippen LogP contribution in [0.1, 0.15) is 12.0 Å². The first-order valence-corrected chi connectivity index (χ1v) is 6.02. The highest BCUT2D eigenvalue weighted by Gasteiger charge is 2.23. The van der Waals surface area contributed by atoms with Crippen molar-refractivity contribution >= 4 is 23.0 Å². The van der Waals surface area contributed by atoms with E-state index < -0.39 is 6.10 Å². The third-order valence-electron chi connectivity index (χ3n) is 2.67. The average molecular weight is 255 g/mol. The molecule has 92 valence electrons. The molecule has 0 saturated heterocycles. The summed E-state index contributed by atoms with van der Waals surface area (Å²) in [5, 5.41) is 12.8. The van der Waals surface area contributed by atoms with Crippen LogP contribution in [0.2, 0.25) is 0 Å². The molecule has 1 aromatic heterocycles. The second-order valence-corrected chi connectivity index (χ2v) is 4.21. The minimum atomic E-state index is -0.514. The molecule has 0 amide bonds. The van der Waals surface area contributed by atoms with Gasteiger partial charge in [-0.2, -0.15) is 0 Å². The molecule has 2 atom stereocenters. The smallest absolute Gasteiger partial charge is 0.127 e. The Balaban J connectivity index is 2.32. The molecule has 0 saturated carbocycles. The molecule has 0 aliphatic carbocycles. The van der Waals surface area contributed by atoms with Crippen molar-refractivity contribution in [2.45, 2.75) is 18.6 Å². The lowest BCUT2D eigenvalue weighted by molar-refractivity contribution is 0.0940. The summed E-state index contributed by atoms with van der Waals surface area (Å²) in [6.45, 7) is 0. The van der Waals surface area contributed by atoms with Gasteiger partial charge in [0.2, 0.25) is 0 Å². The predicted molar refractivity (Wildman–Crippen MR) is 68.0 cm³/mol. The molecule has 0 spiro atoms. The lowest BCUT2D eigenvalue weighted by Gasteiger charge is -2.27. The maximum absolute atomic E-state index is 9.75. The highest BCUT2D eigenvalue weighted by Crippen LogP contribution is 2.30. The van der Waals surface area contributed by atoms with E-state index in [4.69, 9.17) is 16.3 Å². The van der Waals surface area contributed by atoms with Gasteiger partial charge in [0.05, 0.1) is 23.9 Å². The number of aliphatic hydroxyl groups is 1. The second-order valence-electron chi connectivity index (χ2n) is 3.90. The van der Waals surface area contributed by atoms with E-state index >= 15 is 0 Å². The van der Waals surface area contributed by atoms with Gasteiger partial charge in [-0.25, -0.2) is 0 Å². The number of ether oxygens (including phenoxy) is 1. The zero-order valence-electron chi connectivity index (χ0n) is 9.56. The Bertz CT molecular complexity index is 423. The van der Waals surface area contributed by atoms with E-state index in [9.17, 15) is 5.11 Å². The maximum atomic E-state index is 9.75. The van der Waals surface area contributed by atoms with Crippen molar-refractivity contribution in [3.8, 4) is 0 Å². The van der Waals surface area contributed by atoms with E-state index in [0.717, 1.165) is 11.3 Å². The molecule has 0 fully saturated rings. The lowest BCUT2D eigenvalue weighted by Crippen LogP contribution is -2.26. The summed E-state index contributed by atoms with van der Waals surface area (Å²) in [6.07, 6.45) is 4.99. The van der Waals surface area contributed by atoms with E-state index in [-0.39, 0.29) is 6.10 Å². The molecule has 2 rings (SSSR count). The molecule has 4 nitrogen and oxygen atoms in total. The summed E-state index contributed by atoms with van der Waals surface area (Å²) >= 11 is 5.78. The van der Waals surface area contributed by atoms with Crippen LogP contribution in [0.25, 0.3) is 5.76 Å². The lowest BCUT2D eigenvalue weighted by atomic mass is 10.0. The molecule has 0 radical (unpaired) electrons. The first-order chi connectivity index (χ1) is 8.24. The fraction of sp³-hybridized carbons (Fsp3) is 0.417. The first kappa shape index (κ1) is 12.2. The van der Waals surface area contributed by atoms with Crippen LogP contribution >= 0.6 is 11.6 Å². The number of aromatic nitrogens is 1. The zero-order chi connectivity index (χ0) is 12.3. The molecule has 0 aromatic carbocycles. The molecule has 2 N–H and O–H groups in total. The summed E-state index contributed by atoms with van der Waals surface area (Å²) in [7, 11) is 1.82. The predicted octanol–water partition coefficient (Wildman–Crippen LogP) is 1.85. The number of nitrogens with one attached hydrogen (secondary N) is 1. The van der Waals surface area contributed by atoms with Gasteiger partial charge in [-0.15, -0.1) is 11.6 Å². The van der Waals surface area contributed by atoms with Gasteiger partial charge in [-0.05, 0) is 12.1 Å². The van der Waals surface area contributed by atoms with Crippen molar-refractivity contribution in [1.82, 2.24) is 4.98 Å². The molecule has 17 heavy (non-hydrogen) atoms. The van der Waals surface area contributed by atoms with Crippen LogP contribution < -0.4 is 5.32 Å². The summed E-state index contributed by atoms with van der Waals surface area (Å²) in [5.74, 6) is 1.02. The molecule has 1 unspecified atom stereocenters. The summed E-state index contributed by atoms with van der Waals surface area (Å²) in [5.41, 5.74) is 1.75. The monoisotopic (exact) mass is 254 g/mol. The largest absolute Gasteiger partial charge is 0.489 e. The number of anilines is 1. The van der Waals surface area contributed by atoms with Crippen LogP contribution in [0.4, 0.5) is 5.69 Å². The van der Waals surface area contributed by atoms with Crippen molar-refractivity contribution < 1.29 is 9.84 Å². The molecule has 1 aliphatic heterocycles. The second kappa shape index (κ2) is 5.38. The third kappa shape index (κ3) is 2.70. The number of halogens is 1. The SMILES string of the molecule is CNc1cnccc1C1=CC(O)C[C@@H](CCl)O1. The van der Waals surface area contributed by atoms with Crippen LogP contribution in [0.5, 0.6) is 0 Å². The number of hydrogen-bond donors (Lipinski definition) is 2. The standard InChI is InChI=1S/C12H15ClN2O2/c1-14-11-7-15-3-2-10(11)12-5-8(16)4-9(6-13)17-12/h2-3,5,7-9,14,16H,4,6H2,1H3/t8?,9-/m0/s1.